The van der Waals surface area contributed by atoms with Crippen molar-refractivity contribution in [3.8, 4) is 0 Å². The molecule has 0 fully saturated rings. The van der Waals surface area contributed by atoms with Crippen LogP contribution in [-0.2, 0) is 6.54 Å². The van der Waals surface area contributed by atoms with Gasteiger partial charge in [-0.2, -0.15) is 0 Å². The normalized spacial score (nSPS) is 14.2. The largest absolute Gasteiger partial charge is 0.389 e. The zero-order valence-corrected chi connectivity index (χ0v) is 14.2. The Balaban J connectivity index is 1.85. The number of aliphatic hydroxyl groups is 1. The van der Waals surface area contributed by atoms with E-state index in [1.54, 1.807) is 18.7 Å². The molecule has 0 bridgehead atoms. The van der Waals surface area contributed by atoms with Crippen LogP contribution in [0.4, 0.5) is 10.5 Å². The van der Waals surface area contributed by atoms with E-state index in [4.69, 9.17) is 0 Å². The van der Waals surface area contributed by atoms with Gasteiger partial charge in [-0.05, 0) is 38.5 Å². The second-order valence-corrected chi connectivity index (χ2v) is 6.53. The van der Waals surface area contributed by atoms with Gasteiger partial charge in [0.2, 0.25) is 0 Å². The topological polar surface area (TPSA) is 55.8 Å². The van der Waals surface area contributed by atoms with Crippen LogP contribution in [0.25, 0.3) is 0 Å². The predicted molar refractivity (Wildman–Crippen MR) is 93.6 cm³/mol. The number of likely N-dealkylation sites (N-methyl/N-ethyl adjacent to an activating group) is 1. The molecule has 126 valence electrons. The van der Waals surface area contributed by atoms with Gasteiger partial charge >= 0.3 is 6.03 Å². The number of amides is 2. The molecule has 1 aromatic rings. The molecule has 0 spiro atoms. The first-order valence-electron chi connectivity index (χ1n) is 8.13. The van der Waals surface area contributed by atoms with E-state index in [0.717, 1.165) is 18.7 Å². The third kappa shape index (κ3) is 5.28. The summed E-state index contributed by atoms with van der Waals surface area (Å²) in [5.74, 6) is 0. The van der Waals surface area contributed by atoms with Crippen molar-refractivity contribution in [1.82, 2.24) is 10.2 Å². The van der Waals surface area contributed by atoms with E-state index in [1.807, 2.05) is 19.1 Å². The monoisotopic (exact) mass is 317 g/mol. The smallest absolute Gasteiger partial charge is 0.317 e. The highest BCUT2D eigenvalue weighted by Gasteiger charge is 2.20. The molecule has 1 heterocycles. The second-order valence-electron chi connectivity index (χ2n) is 6.53. The molecule has 0 saturated heterocycles. The fraction of sp³-hybridized carbons (Fsp3) is 0.500. The summed E-state index contributed by atoms with van der Waals surface area (Å²) in [6, 6.07) is 8.11. The Kier molecular flexibility index (Phi) is 5.66. The first-order valence-corrected chi connectivity index (χ1v) is 8.13. The molecule has 5 nitrogen and oxygen atoms in total. The summed E-state index contributed by atoms with van der Waals surface area (Å²) < 4.78 is 0. The summed E-state index contributed by atoms with van der Waals surface area (Å²) in [4.78, 5) is 16.1. The van der Waals surface area contributed by atoms with Gasteiger partial charge in [-0.15, -0.1) is 0 Å². The zero-order chi connectivity index (χ0) is 16.9. The van der Waals surface area contributed by atoms with Crippen molar-refractivity contribution in [2.75, 3.05) is 31.1 Å². The summed E-state index contributed by atoms with van der Waals surface area (Å²) >= 11 is 0. The fourth-order valence-corrected chi connectivity index (χ4v) is 2.60. The summed E-state index contributed by atoms with van der Waals surface area (Å²) in [5, 5.41) is 12.8. The molecule has 0 aromatic heterocycles. The summed E-state index contributed by atoms with van der Waals surface area (Å²) in [7, 11) is 0. The van der Waals surface area contributed by atoms with Gasteiger partial charge in [0.05, 0.1) is 12.1 Å². The highest BCUT2D eigenvalue weighted by molar-refractivity contribution is 5.74. The number of nitrogens with one attached hydrogen (secondary N) is 1. The van der Waals surface area contributed by atoms with Crippen LogP contribution in [0.15, 0.2) is 36.4 Å². The number of carbonyl (C=O) groups excluding carboxylic acids is 1. The van der Waals surface area contributed by atoms with Crippen molar-refractivity contribution < 1.29 is 9.90 Å². The van der Waals surface area contributed by atoms with Crippen LogP contribution < -0.4 is 10.2 Å². The molecule has 1 aliphatic heterocycles. The molecule has 1 aromatic carbocycles. The minimum atomic E-state index is -0.890. The Bertz CT molecular complexity index is 538. The number of urea groups is 1. The van der Waals surface area contributed by atoms with Crippen molar-refractivity contribution in [3.05, 3.63) is 42.0 Å². The van der Waals surface area contributed by atoms with Crippen LogP contribution in [-0.4, -0.2) is 47.8 Å². The van der Waals surface area contributed by atoms with E-state index < -0.39 is 5.60 Å². The summed E-state index contributed by atoms with van der Waals surface area (Å²) in [6.07, 6.45) is 4.33. The Morgan fingerprint density at radius 1 is 1.26 bits per heavy atom. The van der Waals surface area contributed by atoms with Crippen LogP contribution in [0.5, 0.6) is 0 Å². The zero-order valence-electron chi connectivity index (χ0n) is 14.2. The van der Waals surface area contributed by atoms with Crippen LogP contribution >= 0.6 is 0 Å². The van der Waals surface area contributed by atoms with E-state index in [9.17, 15) is 9.90 Å². The van der Waals surface area contributed by atoms with Gasteiger partial charge in [0.1, 0.15) is 0 Å². The highest BCUT2D eigenvalue weighted by Crippen LogP contribution is 2.17. The van der Waals surface area contributed by atoms with Crippen LogP contribution in [0.1, 0.15) is 26.3 Å². The van der Waals surface area contributed by atoms with E-state index >= 15 is 0 Å². The second kappa shape index (κ2) is 7.51. The van der Waals surface area contributed by atoms with Gasteiger partial charge in [-0.3, -0.25) is 0 Å². The number of rotatable bonds is 6. The molecule has 0 atom stereocenters. The molecule has 0 saturated carbocycles. The third-order valence-electron chi connectivity index (χ3n) is 3.81. The third-order valence-corrected chi connectivity index (χ3v) is 3.81. The lowest BCUT2D eigenvalue weighted by molar-refractivity contribution is 0.0480. The van der Waals surface area contributed by atoms with Crippen LogP contribution in [0.2, 0.25) is 0 Å². The van der Waals surface area contributed by atoms with Gasteiger partial charge in [0, 0.05) is 31.9 Å². The Morgan fingerprint density at radius 2 is 1.87 bits per heavy atom. The van der Waals surface area contributed by atoms with E-state index in [2.05, 4.69) is 34.5 Å². The Labute approximate surface area is 138 Å². The Hall–Kier alpha value is -2.01. The maximum atomic E-state index is 12.2. The maximum absolute atomic E-state index is 12.2. The number of hydrogen-bond donors (Lipinski definition) is 2. The number of hydrogen-bond acceptors (Lipinski definition) is 3. The number of benzene rings is 1. The fourth-order valence-electron chi connectivity index (χ4n) is 2.60. The molecular weight excluding hydrogens is 290 g/mol. The molecule has 5 heteroatoms. The quantitative estimate of drug-likeness (QED) is 0.792. The maximum Gasteiger partial charge on any atom is 0.317 e. The van der Waals surface area contributed by atoms with Gasteiger partial charge in [0.25, 0.3) is 0 Å². The van der Waals surface area contributed by atoms with E-state index in [0.29, 0.717) is 19.6 Å². The Morgan fingerprint density at radius 3 is 2.39 bits per heavy atom. The molecule has 23 heavy (non-hydrogen) atoms. The molecule has 2 amide bonds. The predicted octanol–water partition coefficient (Wildman–Crippen LogP) is 2.37. The lowest BCUT2D eigenvalue weighted by Crippen LogP contribution is -2.46. The number of carbonyl (C=O) groups is 1. The highest BCUT2D eigenvalue weighted by atomic mass is 16.3. The SMILES string of the molecule is CCN(CC(C)(C)O)C(=O)NCc1ccc(N2CC=CC2)cc1. The average molecular weight is 317 g/mol. The van der Waals surface area contributed by atoms with E-state index in [-0.39, 0.29) is 6.03 Å². The minimum Gasteiger partial charge on any atom is -0.389 e. The molecule has 0 unspecified atom stereocenters. The number of anilines is 1. The molecule has 2 rings (SSSR count). The molecule has 0 aliphatic carbocycles. The first-order chi connectivity index (χ1) is 10.9. The van der Waals surface area contributed by atoms with E-state index in [1.165, 1.54) is 5.69 Å². The first kappa shape index (κ1) is 17.3. The van der Waals surface area contributed by atoms with Crippen molar-refractivity contribution >= 4 is 11.7 Å². The van der Waals surface area contributed by atoms with Gasteiger partial charge in [-0.1, -0.05) is 24.3 Å². The van der Waals surface area contributed by atoms with Gasteiger partial charge in [0.15, 0.2) is 0 Å². The lowest BCUT2D eigenvalue weighted by atomic mass is 10.1. The van der Waals surface area contributed by atoms with Crippen LogP contribution in [0, 0.1) is 0 Å². The number of nitrogens with zero attached hydrogens (tertiary/aromatic N) is 2. The van der Waals surface area contributed by atoms with Crippen molar-refractivity contribution in [2.45, 2.75) is 32.9 Å². The van der Waals surface area contributed by atoms with Crippen molar-refractivity contribution in [2.24, 2.45) is 0 Å². The van der Waals surface area contributed by atoms with Crippen LogP contribution in [0.3, 0.4) is 0 Å². The van der Waals surface area contributed by atoms with Crippen molar-refractivity contribution in [3.63, 3.8) is 0 Å². The molecule has 1 aliphatic rings. The molecular formula is C18H27N3O2. The molecule has 0 radical (unpaired) electrons. The summed E-state index contributed by atoms with van der Waals surface area (Å²) in [6.45, 7) is 8.59. The molecule has 2 N–H and O–H groups in total. The summed E-state index contributed by atoms with van der Waals surface area (Å²) in [5.41, 5.74) is 1.37. The lowest BCUT2D eigenvalue weighted by Gasteiger charge is -2.28. The van der Waals surface area contributed by atoms with Gasteiger partial charge in [-0.25, -0.2) is 4.79 Å². The average Bonchev–Trinajstić information content (AvgIpc) is 3.04. The van der Waals surface area contributed by atoms with Gasteiger partial charge < -0.3 is 20.2 Å². The van der Waals surface area contributed by atoms with Crippen molar-refractivity contribution in [1.29, 1.82) is 0 Å². The standard InChI is InChI=1S/C18H27N3O2/c1-4-20(14-18(2,3)23)17(22)19-13-15-7-9-16(10-8-15)21-11-5-6-12-21/h5-10,23H,4,11-14H2,1-3H3,(H,19,22). The minimum absolute atomic E-state index is 0.151.